The van der Waals surface area contributed by atoms with E-state index in [2.05, 4.69) is 0 Å². The number of rotatable bonds is 6. The normalized spacial score (nSPS) is 15.0. The van der Waals surface area contributed by atoms with Gasteiger partial charge in [-0.2, -0.15) is 43.9 Å². The van der Waals surface area contributed by atoms with Crippen LogP contribution in [0.15, 0.2) is 12.2 Å². The standard InChI is InChI=1S/C7HF13O2/c8-2(9)1-3(10,11)21-5(14,15)4(12,13)6(16,17)22-7(18,19)20/h1H. The van der Waals surface area contributed by atoms with E-state index in [1.54, 1.807) is 4.74 Å². The predicted octanol–water partition coefficient (Wildman–Crippen LogP) is 4.73. The van der Waals surface area contributed by atoms with Crippen molar-refractivity contribution in [2.45, 2.75) is 30.6 Å². The minimum absolute atomic E-state index is 1.42. The molecular formula is C7HF13O2. The van der Waals surface area contributed by atoms with E-state index in [0.717, 1.165) is 0 Å². The average molecular weight is 364 g/mol. The topological polar surface area (TPSA) is 18.5 Å². The zero-order valence-electron chi connectivity index (χ0n) is 9.31. The summed E-state index contributed by atoms with van der Waals surface area (Å²) in [5.41, 5.74) is 0. The van der Waals surface area contributed by atoms with Crippen LogP contribution in [0.25, 0.3) is 0 Å². The first-order chi connectivity index (χ1) is 9.33. The smallest absolute Gasteiger partial charge is 0.246 e. The largest absolute Gasteiger partial charge is 0.527 e. The second-order valence-corrected chi connectivity index (χ2v) is 3.25. The molecule has 0 aromatic carbocycles. The minimum atomic E-state index is -7.29. The van der Waals surface area contributed by atoms with Crippen LogP contribution < -0.4 is 0 Å². The number of alkyl halides is 11. The van der Waals surface area contributed by atoms with Gasteiger partial charge in [-0.15, -0.1) is 13.2 Å². The molecule has 2 nitrogen and oxygen atoms in total. The van der Waals surface area contributed by atoms with Crippen LogP contribution in [0.2, 0.25) is 0 Å². The molecule has 0 saturated carbocycles. The van der Waals surface area contributed by atoms with Crippen molar-refractivity contribution >= 4 is 0 Å². The third-order valence-electron chi connectivity index (χ3n) is 1.52. The monoisotopic (exact) mass is 364 g/mol. The summed E-state index contributed by atoms with van der Waals surface area (Å²) in [7, 11) is 0. The molecule has 0 aromatic heterocycles. The zero-order valence-corrected chi connectivity index (χ0v) is 9.31. The SMILES string of the molecule is FC(F)=CC(F)(F)OC(F)(F)C(F)(F)C(F)(F)OC(F)(F)F. The number of hydrogen-bond donors (Lipinski definition) is 0. The van der Waals surface area contributed by atoms with Crippen molar-refractivity contribution in [3.05, 3.63) is 12.2 Å². The van der Waals surface area contributed by atoms with Gasteiger partial charge in [0.05, 0.1) is 6.08 Å². The summed E-state index contributed by atoms with van der Waals surface area (Å²) in [6, 6.07) is 0. The van der Waals surface area contributed by atoms with Crippen LogP contribution in [-0.2, 0) is 9.47 Å². The summed E-state index contributed by atoms with van der Waals surface area (Å²) < 4.78 is 160. The molecule has 0 fully saturated rings. The number of ether oxygens (including phenoxy) is 2. The first-order valence-electron chi connectivity index (χ1n) is 4.35. The van der Waals surface area contributed by atoms with Crippen LogP contribution >= 0.6 is 0 Å². The van der Waals surface area contributed by atoms with Gasteiger partial charge in [-0.3, -0.25) is 0 Å². The van der Waals surface area contributed by atoms with Crippen molar-refractivity contribution in [3.63, 3.8) is 0 Å². The van der Waals surface area contributed by atoms with Gasteiger partial charge in [0.15, 0.2) is 0 Å². The molecule has 0 bridgehead atoms. The van der Waals surface area contributed by atoms with Crippen molar-refractivity contribution in [2.75, 3.05) is 0 Å². The Bertz CT molecular complexity index is 419. The number of halogens is 13. The Balaban J connectivity index is 5.53. The van der Waals surface area contributed by atoms with E-state index in [9.17, 15) is 57.1 Å². The Morgan fingerprint density at radius 3 is 1.32 bits per heavy atom. The number of hydrogen-bond acceptors (Lipinski definition) is 2. The van der Waals surface area contributed by atoms with Crippen LogP contribution in [0, 0.1) is 0 Å². The molecule has 0 saturated heterocycles. The van der Waals surface area contributed by atoms with Gasteiger partial charge in [-0.25, -0.2) is 9.47 Å². The fraction of sp³-hybridized carbons (Fsp3) is 0.714. The highest BCUT2D eigenvalue weighted by Gasteiger charge is 2.78. The minimum Gasteiger partial charge on any atom is -0.246 e. The van der Waals surface area contributed by atoms with E-state index in [-0.39, 0.29) is 0 Å². The molecule has 0 atom stereocenters. The first-order valence-corrected chi connectivity index (χ1v) is 4.35. The Kier molecular flexibility index (Phi) is 5.42. The lowest BCUT2D eigenvalue weighted by atomic mass is 10.3. The Labute approximate surface area is 111 Å². The van der Waals surface area contributed by atoms with E-state index < -0.39 is 42.8 Å². The van der Waals surface area contributed by atoms with Crippen LogP contribution in [0.4, 0.5) is 57.1 Å². The first kappa shape index (κ1) is 20.8. The second-order valence-electron chi connectivity index (χ2n) is 3.25. The molecule has 0 spiro atoms. The highest BCUT2D eigenvalue weighted by atomic mass is 19.4. The van der Waals surface area contributed by atoms with Gasteiger partial charge in [0, 0.05) is 0 Å². The summed E-state index contributed by atoms with van der Waals surface area (Å²) in [6.07, 6.45) is -31.7. The molecule has 0 N–H and O–H groups in total. The van der Waals surface area contributed by atoms with Crippen LogP contribution in [0.1, 0.15) is 0 Å². The maximum atomic E-state index is 12.6. The molecule has 0 aliphatic heterocycles. The van der Waals surface area contributed by atoms with Crippen molar-refractivity contribution in [1.82, 2.24) is 0 Å². The Morgan fingerprint density at radius 2 is 1.00 bits per heavy atom. The maximum absolute atomic E-state index is 12.6. The molecule has 0 radical (unpaired) electrons. The van der Waals surface area contributed by atoms with E-state index in [4.69, 9.17) is 0 Å². The molecule has 0 heterocycles. The maximum Gasteiger partial charge on any atom is 0.527 e. The van der Waals surface area contributed by atoms with Gasteiger partial charge >= 0.3 is 30.6 Å². The van der Waals surface area contributed by atoms with Crippen molar-refractivity contribution in [3.8, 4) is 0 Å². The molecule has 0 aromatic rings. The van der Waals surface area contributed by atoms with Gasteiger partial charge in [-0.1, -0.05) is 0 Å². The summed E-state index contributed by atoms with van der Waals surface area (Å²) in [5.74, 6) is -7.29. The summed E-state index contributed by atoms with van der Waals surface area (Å²) in [5, 5.41) is 0. The molecule has 0 aliphatic carbocycles. The highest BCUT2D eigenvalue weighted by molar-refractivity contribution is 4.93. The fourth-order valence-electron chi connectivity index (χ4n) is 0.770. The van der Waals surface area contributed by atoms with Crippen LogP contribution in [0.3, 0.4) is 0 Å². The molecule has 22 heavy (non-hydrogen) atoms. The summed E-state index contributed by atoms with van der Waals surface area (Å²) >= 11 is 0. The van der Waals surface area contributed by atoms with Crippen molar-refractivity contribution in [2.24, 2.45) is 0 Å². The Morgan fingerprint density at radius 1 is 0.636 bits per heavy atom. The van der Waals surface area contributed by atoms with Crippen molar-refractivity contribution in [1.29, 1.82) is 0 Å². The van der Waals surface area contributed by atoms with Crippen LogP contribution in [-0.4, -0.2) is 30.6 Å². The fourth-order valence-corrected chi connectivity index (χ4v) is 0.770. The van der Waals surface area contributed by atoms with Gasteiger partial charge in [0.1, 0.15) is 0 Å². The lowest BCUT2D eigenvalue weighted by Crippen LogP contribution is -2.59. The van der Waals surface area contributed by atoms with E-state index >= 15 is 0 Å². The molecule has 0 unspecified atom stereocenters. The second kappa shape index (κ2) is 5.75. The lowest BCUT2D eigenvalue weighted by molar-refractivity contribution is -0.520. The summed E-state index contributed by atoms with van der Waals surface area (Å²) in [6.45, 7) is 0. The van der Waals surface area contributed by atoms with Gasteiger partial charge in [0.2, 0.25) is 0 Å². The quantitative estimate of drug-likeness (QED) is 0.635. The van der Waals surface area contributed by atoms with Gasteiger partial charge in [0.25, 0.3) is 6.08 Å². The third kappa shape index (κ3) is 5.19. The van der Waals surface area contributed by atoms with Gasteiger partial charge in [-0.05, 0) is 0 Å². The molecule has 0 aliphatic rings. The third-order valence-corrected chi connectivity index (χ3v) is 1.52. The molecule has 15 heteroatoms. The lowest BCUT2D eigenvalue weighted by Gasteiger charge is -2.32. The Hall–Kier alpha value is -1.25. The summed E-state index contributed by atoms with van der Waals surface area (Å²) in [4.78, 5) is 0. The van der Waals surface area contributed by atoms with Gasteiger partial charge < -0.3 is 0 Å². The molecule has 0 rings (SSSR count). The van der Waals surface area contributed by atoms with E-state index in [1.807, 2.05) is 0 Å². The molecular weight excluding hydrogens is 363 g/mol. The van der Waals surface area contributed by atoms with Crippen molar-refractivity contribution < 1.29 is 66.5 Å². The molecule has 0 amide bonds. The zero-order chi connectivity index (χ0) is 18.2. The van der Waals surface area contributed by atoms with Crippen LogP contribution in [0.5, 0.6) is 0 Å². The predicted molar refractivity (Wildman–Crippen MR) is 38.3 cm³/mol. The highest BCUT2D eigenvalue weighted by Crippen LogP contribution is 2.50. The van der Waals surface area contributed by atoms with E-state index in [0.29, 0.717) is 0 Å². The van der Waals surface area contributed by atoms with E-state index in [1.165, 1.54) is 4.74 Å². The average Bonchev–Trinajstić information content (AvgIpc) is 2.07. The molecule has 132 valence electrons.